The fourth-order valence-electron chi connectivity index (χ4n) is 3.51. The molecule has 0 radical (unpaired) electrons. The summed E-state index contributed by atoms with van der Waals surface area (Å²) in [5, 5.41) is 0. The maximum absolute atomic E-state index is 13.1. The molecule has 122 valence electrons. The molecule has 2 rings (SSSR count). The van der Waals surface area contributed by atoms with Crippen LogP contribution in [0.1, 0.15) is 51.5 Å². The molecule has 1 heterocycles. The molecule has 0 saturated carbocycles. The van der Waals surface area contributed by atoms with Gasteiger partial charge in [0.2, 0.25) is 5.91 Å². The van der Waals surface area contributed by atoms with Crippen LogP contribution in [0.5, 0.6) is 0 Å². The van der Waals surface area contributed by atoms with Crippen molar-refractivity contribution < 1.29 is 4.79 Å². The van der Waals surface area contributed by atoms with Gasteiger partial charge in [-0.1, -0.05) is 31.5 Å². The van der Waals surface area contributed by atoms with Crippen LogP contribution in [0.15, 0.2) is 24.3 Å². The highest BCUT2D eigenvalue weighted by Crippen LogP contribution is 2.27. The number of likely N-dealkylation sites (N-methyl/N-ethyl adjacent to an activating group) is 1. The molecule has 2 atom stereocenters. The fraction of sp³-hybridized carbons (Fsp3) is 0.632. The van der Waals surface area contributed by atoms with Crippen molar-refractivity contribution in [3.63, 3.8) is 0 Å². The molecule has 0 spiro atoms. The molecule has 1 fully saturated rings. The van der Waals surface area contributed by atoms with E-state index >= 15 is 0 Å². The van der Waals surface area contributed by atoms with Crippen LogP contribution in [-0.4, -0.2) is 36.5 Å². The molecule has 1 aliphatic rings. The number of para-hydroxylation sites is 1. The number of hydrogen-bond donors (Lipinski definition) is 0. The topological polar surface area (TPSA) is 23.6 Å². The Labute approximate surface area is 135 Å². The monoisotopic (exact) mass is 302 g/mol. The lowest BCUT2D eigenvalue weighted by molar-refractivity contribution is -0.126. The summed E-state index contributed by atoms with van der Waals surface area (Å²) in [6.45, 7) is 7.58. The molecule has 0 aromatic heterocycles. The highest BCUT2D eigenvalue weighted by molar-refractivity contribution is 5.97. The Hall–Kier alpha value is -1.35. The SMILES string of the molecule is CCCCN1C(C)CCC[C@H]1C(=O)N(C)c1ccccc1C. The molecular weight excluding hydrogens is 272 g/mol. The van der Waals surface area contributed by atoms with E-state index in [4.69, 9.17) is 0 Å². The van der Waals surface area contributed by atoms with Crippen LogP contribution in [0, 0.1) is 6.92 Å². The molecule has 0 aliphatic carbocycles. The van der Waals surface area contributed by atoms with Gasteiger partial charge in [0.1, 0.15) is 0 Å². The average Bonchev–Trinajstić information content (AvgIpc) is 2.52. The average molecular weight is 302 g/mol. The number of carbonyl (C=O) groups excluding carboxylic acids is 1. The van der Waals surface area contributed by atoms with E-state index in [1.807, 2.05) is 30.1 Å². The van der Waals surface area contributed by atoms with Gasteiger partial charge in [0, 0.05) is 18.8 Å². The van der Waals surface area contributed by atoms with Gasteiger partial charge in [0.25, 0.3) is 0 Å². The van der Waals surface area contributed by atoms with Gasteiger partial charge < -0.3 is 4.90 Å². The third-order valence-electron chi connectivity index (χ3n) is 4.93. The zero-order valence-electron chi connectivity index (χ0n) is 14.5. The number of aryl methyl sites for hydroxylation is 1. The largest absolute Gasteiger partial charge is 0.314 e. The second kappa shape index (κ2) is 7.77. The van der Waals surface area contributed by atoms with E-state index < -0.39 is 0 Å². The lowest BCUT2D eigenvalue weighted by atomic mass is 9.94. The minimum atomic E-state index is 0.0416. The number of amides is 1. The van der Waals surface area contributed by atoms with E-state index in [1.165, 1.54) is 19.3 Å². The van der Waals surface area contributed by atoms with Crippen molar-refractivity contribution in [3.8, 4) is 0 Å². The molecule has 3 heteroatoms. The summed E-state index contributed by atoms with van der Waals surface area (Å²) in [4.78, 5) is 17.3. The van der Waals surface area contributed by atoms with Crippen LogP contribution in [0.25, 0.3) is 0 Å². The van der Waals surface area contributed by atoms with Crippen LogP contribution in [0.3, 0.4) is 0 Å². The zero-order chi connectivity index (χ0) is 16.1. The van der Waals surface area contributed by atoms with Crippen LogP contribution in [0.2, 0.25) is 0 Å². The number of benzene rings is 1. The van der Waals surface area contributed by atoms with Crippen LogP contribution in [-0.2, 0) is 4.79 Å². The normalized spacial score (nSPS) is 22.5. The summed E-state index contributed by atoms with van der Waals surface area (Å²) in [7, 11) is 1.92. The second-order valence-corrected chi connectivity index (χ2v) is 6.57. The van der Waals surface area contributed by atoms with E-state index in [1.54, 1.807) is 0 Å². The molecule has 0 N–H and O–H groups in total. The summed E-state index contributed by atoms with van der Waals surface area (Å²) in [5.74, 6) is 0.247. The third-order valence-corrected chi connectivity index (χ3v) is 4.93. The van der Waals surface area contributed by atoms with Crippen molar-refractivity contribution in [1.29, 1.82) is 0 Å². The molecule has 22 heavy (non-hydrogen) atoms. The number of piperidine rings is 1. The van der Waals surface area contributed by atoms with Gasteiger partial charge in [-0.2, -0.15) is 0 Å². The Kier molecular flexibility index (Phi) is 6.01. The lowest BCUT2D eigenvalue weighted by Gasteiger charge is -2.41. The van der Waals surface area contributed by atoms with Gasteiger partial charge >= 0.3 is 0 Å². The van der Waals surface area contributed by atoms with E-state index in [0.29, 0.717) is 6.04 Å². The molecule has 1 amide bonds. The van der Waals surface area contributed by atoms with Crippen LogP contribution >= 0.6 is 0 Å². The number of hydrogen-bond acceptors (Lipinski definition) is 2. The van der Waals surface area contributed by atoms with E-state index in [-0.39, 0.29) is 11.9 Å². The van der Waals surface area contributed by atoms with Crippen LogP contribution in [0.4, 0.5) is 5.69 Å². The predicted octanol–water partition coefficient (Wildman–Crippen LogP) is 4.00. The summed E-state index contributed by atoms with van der Waals surface area (Å²) in [6.07, 6.45) is 5.70. The zero-order valence-corrected chi connectivity index (χ0v) is 14.5. The first-order chi connectivity index (χ1) is 10.6. The molecular formula is C19H30N2O. The third kappa shape index (κ3) is 3.70. The summed E-state index contributed by atoms with van der Waals surface area (Å²) >= 11 is 0. The van der Waals surface area contributed by atoms with E-state index in [0.717, 1.165) is 30.6 Å². The Morgan fingerprint density at radius 2 is 2.05 bits per heavy atom. The van der Waals surface area contributed by atoms with E-state index in [9.17, 15) is 4.79 Å². The molecule has 3 nitrogen and oxygen atoms in total. The van der Waals surface area contributed by atoms with Crippen molar-refractivity contribution in [2.24, 2.45) is 0 Å². The Morgan fingerprint density at radius 1 is 1.32 bits per heavy atom. The number of rotatable bonds is 5. The maximum Gasteiger partial charge on any atom is 0.244 e. The Balaban J connectivity index is 2.16. The van der Waals surface area contributed by atoms with E-state index in [2.05, 4.69) is 31.7 Å². The Morgan fingerprint density at radius 3 is 2.73 bits per heavy atom. The fourth-order valence-corrected chi connectivity index (χ4v) is 3.51. The minimum absolute atomic E-state index is 0.0416. The second-order valence-electron chi connectivity index (χ2n) is 6.57. The molecule has 1 aliphatic heterocycles. The molecule has 1 aromatic rings. The summed E-state index contributed by atoms with van der Waals surface area (Å²) < 4.78 is 0. The maximum atomic E-state index is 13.1. The van der Waals surface area contributed by atoms with Gasteiger partial charge in [-0.25, -0.2) is 0 Å². The van der Waals surface area contributed by atoms with Crippen molar-refractivity contribution >= 4 is 11.6 Å². The quantitative estimate of drug-likeness (QED) is 0.820. The predicted molar refractivity (Wildman–Crippen MR) is 93.3 cm³/mol. The lowest BCUT2D eigenvalue weighted by Crippen LogP contribution is -2.53. The first-order valence-corrected chi connectivity index (χ1v) is 8.65. The highest BCUT2D eigenvalue weighted by atomic mass is 16.2. The summed E-state index contributed by atoms with van der Waals surface area (Å²) in [5.41, 5.74) is 2.18. The van der Waals surface area contributed by atoms with Crippen molar-refractivity contribution in [2.45, 2.75) is 65.0 Å². The van der Waals surface area contributed by atoms with Gasteiger partial charge in [-0.3, -0.25) is 9.69 Å². The summed E-state index contributed by atoms with van der Waals surface area (Å²) in [6, 6.07) is 8.69. The number of anilines is 1. The van der Waals surface area contributed by atoms with Crippen LogP contribution < -0.4 is 4.90 Å². The number of unbranched alkanes of at least 4 members (excludes halogenated alkanes) is 1. The van der Waals surface area contributed by atoms with Crippen molar-refractivity contribution in [1.82, 2.24) is 4.90 Å². The number of carbonyl (C=O) groups is 1. The first kappa shape index (κ1) is 17.0. The molecule has 1 saturated heterocycles. The van der Waals surface area contributed by atoms with Gasteiger partial charge in [0.05, 0.1) is 6.04 Å². The molecule has 0 bridgehead atoms. The standard InChI is InChI=1S/C19H30N2O/c1-5-6-14-21-16(3)11-9-13-18(21)19(22)20(4)17-12-8-7-10-15(17)2/h7-8,10,12,16,18H,5-6,9,11,13-14H2,1-4H3/t16?,18-/m0/s1. The van der Waals surface area contributed by atoms with Crippen molar-refractivity contribution in [3.05, 3.63) is 29.8 Å². The Bertz CT molecular complexity index is 500. The highest BCUT2D eigenvalue weighted by Gasteiger charge is 2.34. The first-order valence-electron chi connectivity index (χ1n) is 8.65. The smallest absolute Gasteiger partial charge is 0.244 e. The van der Waals surface area contributed by atoms with Crippen molar-refractivity contribution in [2.75, 3.05) is 18.5 Å². The minimum Gasteiger partial charge on any atom is -0.314 e. The van der Waals surface area contributed by atoms with Gasteiger partial charge in [-0.05, 0) is 57.7 Å². The van der Waals surface area contributed by atoms with Gasteiger partial charge in [-0.15, -0.1) is 0 Å². The van der Waals surface area contributed by atoms with Gasteiger partial charge in [0.15, 0.2) is 0 Å². The number of nitrogens with zero attached hydrogens (tertiary/aromatic N) is 2. The molecule has 1 aromatic carbocycles. The number of likely N-dealkylation sites (tertiary alicyclic amines) is 1. The molecule has 1 unspecified atom stereocenters.